The highest BCUT2D eigenvalue weighted by Crippen LogP contribution is 2.27. The Bertz CT molecular complexity index is 655. The van der Waals surface area contributed by atoms with E-state index in [4.69, 9.17) is 4.74 Å². The van der Waals surface area contributed by atoms with Crippen molar-refractivity contribution in [2.75, 3.05) is 11.1 Å². The van der Waals surface area contributed by atoms with Crippen molar-refractivity contribution in [3.63, 3.8) is 0 Å². The van der Waals surface area contributed by atoms with Crippen LogP contribution in [0.2, 0.25) is 0 Å². The van der Waals surface area contributed by atoms with Crippen molar-refractivity contribution in [3.05, 3.63) is 54.1 Å². The third-order valence-corrected chi connectivity index (χ3v) is 4.67. The molecule has 0 aliphatic carbocycles. The molecule has 1 atom stereocenters. The highest BCUT2D eigenvalue weighted by molar-refractivity contribution is 7.99. The number of hydrogen-bond donors (Lipinski definition) is 1. The van der Waals surface area contributed by atoms with Crippen LogP contribution in [0.15, 0.2) is 53.4 Å². The molecule has 24 heavy (non-hydrogen) atoms. The maximum Gasteiger partial charge on any atom is 0.265 e. The van der Waals surface area contributed by atoms with Crippen LogP contribution in [0.25, 0.3) is 0 Å². The van der Waals surface area contributed by atoms with Crippen LogP contribution in [0.3, 0.4) is 0 Å². The second-order valence-corrected chi connectivity index (χ2v) is 6.74. The van der Waals surface area contributed by atoms with Crippen LogP contribution in [0.5, 0.6) is 5.75 Å². The lowest BCUT2D eigenvalue weighted by Crippen LogP contribution is -2.32. The van der Waals surface area contributed by atoms with Crippen molar-refractivity contribution in [2.45, 2.75) is 44.6 Å². The van der Waals surface area contributed by atoms with Gasteiger partial charge in [0.15, 0.2) is 6.10 Å². The molecule has 1 N–H and O–H groups in total. The fraction of sp³-hybridized carbons (Fsp3) is 0.350. The third kappa shape index (κ3) is 5.03. The Labute approximate surface area is 148 Å². The first-order valence-electron chi connectivity index (χ1n) is 8.46. The summed E-state index contributed by atoms with van der Waals surface area (Å²) in [7, 11) is 0. The highest BCUT2D eigenvalue weighted by Gasteiger charge is 2.19. The van der Waals surface area contributed by atoms with E-state index < -0.39 is 6.10 Å². The van der Waals surface area contributed by atoms with Crippen LogP contribution in [-0.2, 0) is 11.2 Å². The van der Waals surface area contributed by atoms with E-state index in [2.05, 4.69) is 19.2 Å². The zero-order valence-corrected chi connectivity index (χ0v) is 15.4. The Balaban J connectivity index is 2.05. The molecule has 0 radical (unpaired) electrons. The van der Waals surface area contributed by atoms with E-state index in [1.807, 2.05) is 55.5 Å². The van der Waals surface area contributed by atoms with Gasteiger partial charge in [0.05, 0.1) is 5.69 Å². The molecule has 0 aliphatic heterocycles. The van der Waals surface area contributed by atoms with E-state index in [0.717, 1.165) is 28.5 Å². The fourth-order valence-corrected chi connectivity index (χ4v) is 3.12. The lowest BCUT2D eigenvalue weighted by molar-refractivity contribution is -0.122. The molecular formula is C20H25NO2S. The molecule has 0 saturated carbocycles. The number of hydrogen-bond acceptors (Lipinski definition) is 3. The number of anilines is 1. The van der Waals surface area contributed by atoms with E-state index >= 15 is 0 Å². The van der Waals surface area contributed by atoms with E-state index in [1.54, 1.807) is 11.8 Å². The summed E-state index contributed by atoms with van der Waals surface area (Å²) in [5, 5.41) is 3.00. The fourth-order valence-electron chi connectivity index (χ4n) is 2.35. The van der Waals surface area contributed by atoms with Gasteiger partial charge in [0.25, 0.3) is 5.91 Å². The summed E-state index contributed by atoms with van der Waals surface area (Å²) in [6.07, 6.45) is 1.10. The monoisotopic (exact) mass is 343 g/mol. The van der Waals surface area contributed by atoms with Gasteiger partial charge in [0, 0.05) is 4.90 Å². The van der Waals surface area contributed by atoms with Crippen molar-refractivity contribution in [3.8, 4) is 5.75 Å². The minimum Gasteiger partial charge on any atom is -0.481 e. The second kappa shape index (κ2) is 9.38. The van der Waals surface area contributed by atoms with Crippen molar-refractivity contribution in [1.29, 1.82) is 0 Å². The molecule has 1 unspecified atom stereocenters. The number of para-hydroxylation sites is 1. The first kappa shape index (κ1) is 18.4. The number of amides is 1. The predicted octanol–water partition coefficient (Wildman–Crippen LogP) is 5.16. The van der Waals surface area contributed by atoms with Crippen LogP contribution in [0.1, 0.15) is 32.8 Å². The Morgan fingerprint density at radius 3 is 2.42 bits per heavy atom. The van der Waals surface area contributed by atoms with Crippen LogP contribution < -0.4 is 10.1 Å². The van der Waals surface area contributed by atoms with E-state index in [-0.39, 0.29) is 5.91 Å². The number of thioether (sulfide) groups is 1. The molecule has 128 valence electrons. The van der Waals surface area contributed by atoms with Crippen LogP contribution in [-0.4, -0.2) is 17.8 Å². The number of ether oxygens (including phenoxy) is 1. The zero-order chi connectivity index (χ0) is 17.4. The quantitative estimate of drug-likeness (QED) is 0.673. The Morgan fingerprint density at radius 1 is 1.08 bits per heavy atom. The smallest absolute Gasteiger partial charge is 0.265 e. The Kier molecular flexibility index (Phi) is 7.19. The average Bonchev–Trinajstić information content (AvgIpc) is 2.62. The highest BCUT2D eigenvalue weighted by atomic mass is 32.2. The molecule has 1 amide bonds. The van der Waals surface area contributed by atoms with Gasteiger partial charge in [0.1, 0.15) is 5.75 Å². The topological polar surface area (TPSA) is 38.3 Å². The molecule has 0 fully saturated rings. The summed E-state index contributed by atoms with van der Waals surface area (Å²) in [6, 6.07) is 15.8. The van der Waals surface area contributed by atoms with Gasteiger partial charge in [-0.1, -0.05) is 45.0 Å². The molecule has 2 aromatic carbocycles. The summed E-state index contributed by atoms with van der Waals surface area (Å²) >= 11 is 1.72. The summed E-state index contributed by atoms with van der Waals surface area (Å²) in [6.45, 7) is 6.17. The molecular weight excluding hydrogens is 318 g/mol. The van der Waals surface area contributed by atoms with Gasteiger partial charge in [-0.15, -0.1) is 11.8 Å². The lowest BCUT2D eigenvalue weighted by atomic mass is 10.1. The Morgan fingerprint density at radius 2 is 1.79 bits per heavy atom. The van der Waals surface area contributed by atoms with Gasteiger partial charge < -0.3 is 10.1 Å². The van der Waals surface area contributed by atoms with E-state index in [1.165, 1.54) is 5.56 Å². The average molecular weight is 343 g/mol. The number of aryl methyl sites for hydroxylation is 1. The third-order valence-electron chi connectivity index (χ3n) is 3.72. The molecule has 0 spiro atoms. The first-order chi connectivity index (χ1) is 11.7. The SMILES string of the molecule is CCSc1ccccc1NC(=O)C(CC)Oc1ccc(CC)cc1. The molecule has 0 heterocycles. The predicted molar refractivity (Wildman–Crippen MR) is 102 cm³/mol. The molecule has 0 aliphatic rings. The standard InChI is InChI=1S/C20H25NO2S/c1-4-15-11-13-16(14-12-15)23-18(5-2)20(22)21-17-9-7-8-10-19(17)24-6-3/h7-14,18H,4-6H2,1-3H3,(H,21,22). The molecule has 0 saturated heterocycles. The van der Waals surface area contributed by atoms with E-state index in [0.29, 0.717) is 6.42 Å². The maximum absolute atomic E-state index is 12.6. The van der Waals surface area contributed by atoms with Crippen LogP contribution in [0, 0.1) is 0 Å². The van der Waals surface area contributed by atoms with E-state index in [9.17, 15) is 4.79 Å². The van der Waals surface area contributed by atoms with Crippen LogP contribution >= 0.6 is 11.8 Å². The van der Waals surface area contributed by atoms with Crippen molar-refractivity contribution in [1.82, 2.24) is 0 Å². The second-order valence-electron chi connectivity index (χ2n) is 5.43. The van der Waals surface area contributed by atoms with Crippen molar-refractivity contribution >= 4 is 23.4 Å². The number of nitrogens with one attached hydrogen (secondary N) is 1. The molecule has 0 aromatic heterocycles. The summed E-state index contributed by atoms with van der Waals surface area (Å²) < 4.78 is 5.88. The van der Waals surface area contributed by atoms with Crippen LogP contribution in [0.4, 0.5) is 5.69 Å². The summed E-state index contributed by atoms with van der Waals surface area (Å²) in [4.78, 5) is 13.7. The summed E-state index contributed by atoms with van der Waals surface area (Å²) in [5.41, 5.74) is 2.10. The van der Waals surface area contributed by atoms with Gasteiger partial charge in [-0.25, -0.2) is 0 Å². The largest absolute Gasteiger partial charge is 0.481 e. The number of carbonyl (C=O) groups is 1. The molecule has 2 aromatic rings. The first-order valence-corrected chi connectivity index (χ1v) is 9.44. The minimum absolute atomic E-state index is 0.110. The van der Waals surface area contributed by atoms with Gasteiger partial charge in [0.2, 0.25) is 0 Å². The van der Waals surface area contributed by atoms with Gasteiger partial charge in [-0.3, -0.25) is 4.79 Å². The zero-order valence-electron chi connectivity index (χ0n) is 14.5. The lowest BCUT2D eigenvalue weighted by Gasteiger charge is -2.18. The molecule has 4 heteroatoms. The van der Waals surface area contributed by atoms with Crippen molar-refractivity contribution < 1.29 is 9.53 Å². The molecule has 2 rings (SSSR count). The van der Waals surface area contributed by atoms with Gasteiger partial charge >= 0.3 is 0 Å². The van der Waals surface area contributed by atoms with Crippen molar-refractivity contribution in [2.24, 2.45) is 0 Å². The van der Waals surface area contributed by atoms with Gasteiger partial charge in [-0.05, 0) is 48.4 Å². The summed E-state index contributed by atoms with van der Waals surface area (Å²) in [5.74, 6) is 1.58. The molecule has 3 nitrogen and oxygen atoms in total. The number of rotatable bonds is 8. The normalized spacial score (nSPS) is 11.8. The Hall–Kier alpha value is -1.94. The maximum atomic E-state index is 12.6. The number of benzene rings is 2. The number of carbonyl (C=O) groups excluding carboxylic acids is 1. The van der Waals surface area contributed by atoms with Gasteiger partial charge in [-0.2, -0.15) is 0 Å². The minimum atomic E-state index is -0.503. The molecule has 0 bridgehead atoms.